The van der Waals surface area contributed by atoms with Crippen molar-refractivity contribution in [2.24, 2.45) is 0 Å². The van der Waals surface area contributed by atoms with Crippen molar-refractivity contribution in [1.29, 1.82) is 0 Å². The molecule has 0 amide bonds. The number of carboxylic acid groups (broad SMARTS) is 1. The third-order valence-corrected chi connectivity index (χ3v) is 2.90. The summed E-state index contributed by atoms with van der Waals surface area (Å²) in [5.74, 6) is -0.00315. The lowest BCUT2D eigenvalue weighted by molar-refractivity contribution is 0.142. The minimum Gasteiger partial charge on any atom is -0.504 e. The molecule has 1 rings (SSSR count). The number of aryl methyl sites for hydroxylation is 1. The van der Waals surface area contributed by atoms with Gasteiger partial charge in [0, 0.05) is 5.56 Å². The molecule has 0 aliphatic carbocycles. The maximum Gasteiger partial charge on any atom is 0.511 e. The maximum absolute atomic E-state index is 10.6. The summed E-state index contributed by atoms with van der Waals surface area (Å²) >= 11 is 0. The number of hydrogen-bond acceptors (Lipinski definition) is 3. The smallest absolute Gasteiger partial charge is 0.504 e. The number of phenolic OH excluding ortho intramolecular Hbond substituents is 1. The van der Waals surface area contributed by atoms with E-state index in [9.17, 15) is 9.90 Å². The van der Waals surface area contributed by atoms with Crippen LogP contribution in [0.25, 0.3) is 0 Å². The Morgan fingerprint density at radius 3 is 2.28 bits per heavy atom. The zero-order chi connectivity index (χ0) is 13.7. The first-order valence-corrected chi connectivity index (χ1v) is 6.26. The second-order valence-corrected chi connectivity index (χ2v) is 4.37. The lowest BCUT2D eigenvalue weighted by atomic mass is 9.94. The van der Waals surface area contributed by atoms with Crippen LogP contribution in [0, 0.1) is 6.92 Å². The number of carbonyl (C=O) groups is 1. The normalized spacial score (nSPS) is 10.4. The lowest BCUT2D eigenvalue weighted by Crippen LogP contribution is -2.06. The van der Waals surface area contributed by atoms with Gasteiger partial charge in [0.2, 0.25) is 0 Å². The van der Waals surface area contributed by atoms with E-state index >= 15 is 0 Å². The first kappa shape index (κ1) is 14.4. The van der Waals surface area contributed by atoms with E-state index in [1.54, 1.807) is 6.07 Å². The molecule has 0 bridgehead atoms. The monoisotopic (exact) mass is 252 g/mol. The van der Waals surface area contributed by atoms with Gasteiger partial charge >= 0.3 is 6.16 Å². The van der Waals surface area contributed by atoms with E-state index in [-0.39, 0.29) is 11.5 Å². The number of benzene rings is 1. The fourth-order valence-corrected chi connectivity index (χ4v) is 2.17. The van der Waals surface area contributed by atoms with E-state index in [0.29, 0.717) is 0 Å². The number of rotatable bonds is 5. The van der Waals surface area contributed by atoms with E-state index in [4.69, 9.17) is 5.11 Å². The predicted octanol–water partition coefficient (Wildman–Crippen LogP) is 3.66. The van der Waals surface area contributed by atoms with Crippen molar-refractivity contribution < 1.29 is 19.7 Å². The Bertz CT molecular complexity index is 438. The summed E-state index contributed by atoms with van der Waals surface area (Å²) in [6.45, 7) is 6.02. The molecule has 0 fully saturated rings. The van der Waals surface area contributed by atoms with E-state index < -0.39 is 6.16 Å². The van der Waals surface area contributed by atoms with Crippen molar-refractivity contribution in [3.05, 3.63) is 22.8 Å². The summed E-state index contributed by atoms with van der Waals surface area (Å²) in [5, 5.41) is 18.8. The van der Waals surface area contributed by atoms with Crippen LogP contribution in [0.5, 0.6) is 11.5 Å². The Morgan fingerprint density at radius 1 is 1.22 bits per heavy atom. The summed E-state index contributed by atoms with van der Waals surface area (Å²) in [6, 6.07) is 1.59. The molecule has 0 saturated heterocycles. The predicted molar refractivity (Wildman–Crippen MR) is 69.5 cm³/mol. The van der Waals surface area contributed by atoms with Crippen LogP contribution in [0.1, 0.15) is 43.4 Å². The van der Waals surface area contributed by atoms with Crippen molar-refractivity contribution in [3.63, 3.8) is 0 Å². The van der Waals surface area contributed by atoms with E-state index in [2.05, 4.69) is 11.7 Å². The maximum atomic E-state index is 10.6. The largest absolute Gasteiger partial charge is 0.511 e. The van der Waals surface area contributed by atoms with Gasteiger partial charge in [0.25, 0.3) is 0 Å². The molecule has 0 saturated carbocycles. The standard InChI is InChI=1S/C14H20O4/c1-4-6-10-9(3)8-12(18-14(16)17)13(15)11(10)7-5-2/h8,15H,4-7H2,1-3H3,(H,16,17). The minimum atomic E-state index is -1.41. The van der Waals surface area contributed by atoms with Gasteiger partial charge in [-0.05, 0) is 37.0 Å². The van der Waals surface area contributed by atoms with Crippen molar-refractivity contribution in [3.8, 4) is 11.5 Å². The van der Waals surface area contributed by atoms with Gasteiger partial charge in [-0.2, -0.15) is 0 Å². The van der Waals surface area contributed by atoms with Gasteiger partial charge in [0.05, 0.1) is 0 Å². The SMILES string of the molecule is CCCc1c(C)cc(OC(=O)O)c(O)c1CCC. The second-order valence-electron chi connectivity index (χ2n) is 4.37. The number of phenols is 1. The van der Waals surface area contributed by atoms with Crippen LogP contribution in [-0.2, 0) is 12.8 Å². The molecular formula is C14H20O4. The Kier molecular flexibility index (Phi) is 5.01. The fraction of sp³-hybridized carbons (Fsp3) is 0.500. The number of ether oxygens (including phenoxy) is 1. The molecule has 0 unspecified atom stereocenters. The molecule has 0 aromatic heterocycles. The highest BCUT2D eigenvalue weighted by atomic mass is 16.7. The fourth-order valence-electron chi connectivity index (χ4n) is 2.17. The average Bonchev–Trinajstić information content (AvgIpc) is 2.29. The highest BCUT2D eigenvalue weighted by molar-refractivity contribution is 5.65. The Morgan fingerprint density at radius 2 is 1.78 bits per heavy atom. The molecule has 0 radical (unpaired) electrons. The third kappa shape index (κ3) is 3.15. The van der Waals surface area contributed by atoms with Gasteiger partial charge in [-0.25, -0.2) is 4.79 Å². The van der Waals surface area contributed by atoms with E-state index in [1.165, 1.54) is 0 Å². The highest BCUT2D eigenvalue weighted by Gasteiger charge is 2.17. The summed E-state index contributed by atoms with van der Waals surface area (Å²) in [7, 11) is 0. The zero-order valence-electron chi connectivity index (χ0n) is 11.1. The molecule has 18 heavy (non-hydrogen) atoms. The molecule has 4 heteroatoms. The lowest BCUT2D eigenvalue weighted by Gasteiger charge is -2.16. The molecule has 0 aliphatic rings. The van der Waals surface area contributed by atoms with Crippen LogP contribution in [0.2, 0.25) is 0 Å². The van der Waals surface area contributed by atoms with Crippen molar-refractivity contribution in [2.45, 2.75) is 46.5 Å². The van der Waals surface area contributed by atoms with Gasteiger partial charge in [0.15, 0.2) is 11.5 Å². The Labute approximate surface area is 107 Å². The molecule has 100 valence electrons. The molecular weight excluding hydrogens is 232 g/mol. The molecule has 0 spiro atoms. The molecule has 0 heterocycles. The van der Waals surface area contributed by atoms with Crippen LogP contribution in [0.15, 0.2) is 6.07 Å². The van der Waals surface area contributed by atoms with Gasteiger partial charge in [-0.1, -0.05) is 26.7 Å². The van der Waals surface area contributed by atoms with Crippen LogP contribution < -0.4 is 4.74 Å². The van der Waals surface area contributed by atoms with Crippen LogP contribution in [0.4, 0.5) is 4.79 Å². The summed E-state index contributed by atoms with van der Waals surface area (Å²) < 4.78 is 4.61. The number of hydrogen-bond donors (Lipinski definition) is 2. The van der Waals surface area contributed by atoms with Crippen molar-refractivity contribution in [2.75, 3.05) is 0 Å². The molecule has 4 nitrogen and oxygen atoms in total. The molecule has 1 aromatic rings. The second kappa shape index (κ2) is 6.28. The van der Waals surface area contributed by atoms with Crippen molar-refractivity contribution in [1.82, 2.24) is 0 Å². The Hall–Kier alpha value is -1.71. The molecule has 0 atom stereocenters. The van der Waals surface area contributed by atoms with Gasteiger partial charge in [0.1, 0.15) is 0 Å². The van der Waals surface area contributed by atoms with E-state index in [1.807, 2.05) is 13.8 Å². The quantitative estimate of drug-likeness (QED) is 0.620. The topological polar surface area (TPSA) is 66.8 Å². The number of aromatic hydroxyl groups is 1. The third-order valence-electron chi connectivity index (χ3n) is 2.90. The van der Waals surface area contributed by atoms with Crippen LogP contribution in [0.3, 0.4) is 0 Å². The first-order chi connectivity index (χ1) is 8.51. The van der Waals surface area contributed by atoms with Crippen molar-refractivity contribution >= 4 is 6.16 Å². The summed E-state index contributed by atoms with van der Waals surface area (Å²) in [4.78, 5) is 10.6. The summed E-state index contributed by atoms with van der Waals surface area (Å²) in [6.07, 6.45) is 2.06. The average molecular weight is 252 g/mol. The van der Waals surface area contributed by atoms with Gasteiger partial charge in [-0.3, -0.25) is 0 Å². The Balaban J connectivity index is 3.30. The highest BCUT2D eigenvalue weighted by Crippen LogP contribution is 2.36. The summed E-state index contributed by atoms with van der Waals surface area (Å²) in [5.41, 5.74) is 2.89. The minimum absolute atomic E-state index is 0.0308. The van der Waals surface area contributed by atoms with Crippen LogP contribution in [-0.4, -0.2) is 16.4 Å². The first-order valence-electron chi connectivity index (χ1n) is 6.26. The van der Waals surface area contributed by atoms with E-state index in [0.717, 1.165) is 42.4 Å². The van der Waals surface area contributed by atoms with Gasteiger partial charge < -0.3 is 14.9 Å². The van der Waals surface area contributed by atoms with Crippen LogP contribution >= 0.6 is 0 Å². The van der Waals surface area contributed by atoms with Gasteiger partial charge in [-0.15, -0.1) is 0 Å². The molecule has 0 aliphatic heterocycles. The zero-order valence-corrected chi connectivity index (χ0v) is 11.1. The molecule has 1 aromatic carbocycles. The molecule has 2 N–H and O–H groups in total.